The van der Waals surface area contributed by atoms with Gasteiger partial charge in [0.2, 0.25) is 5.91 Å². The molecule has 0 saturated carbocycles. The molecule has 1 aromatic heterocycles. The Morgan fingerprint density at radius 2 is 1.81 bits per heavy atom. The van der Waals surface area contributed by atoms with Crippen LogP contribution in [-0.4, -0.2) is 86.6 Å². The first kappa shape index (κ1) is 30.3. The van der Waals surface area contributed by atoms with E-state index in [9.17, 15) is 24.8 Å². The number of aromatic nitrogens is 2. The minimum atomic E-state index is -1.46. The SMILES string of the molecule is CC(C)C[C@H](NC(=O)[C@H](Cc1ccccc1)NC(=O)c1cnccn1)B(O)O[C@H](CCO)C[C@H](O)CO. The summed E-state index contributed by atoms with van der Waals surface area (Å²) in [5.41, 5.74) is 0.880. The Balaban J connectivity index is 2.20. The molecule has 0 spiro atoms. The second-order valence-corrected chi connectivity index (χ2v) is 9.28. The first-order valence-electron chi connectivity index (χ1n) is 12.4. The summed E-state index contributed by atoms with van der Waals surface area (Å²) in [7, 11) is -1.46. The third kappa shape index (κ3) is 10.9. The minimum absolute atomic E-state index is 0.00126. The van der Waals surface area contributed by atoms with E-state index in [1.165, 1.54) is 18.6 Å². The van der Waals surface area contributed by atoms with Gasteiger partial charge in [0, 0.05) is 37.9 Å². The lowest BCUT2D eigenvalue weighted by Gasteiger charge is -2.29. The van der Waals surface area contributed by atoms with Crippen molar-refractivity contribution in [2.24, 2.45) is 5.92 Å². The number of amides is 2. The van der Waals surface area contributed by atoms with Gasteiger partial charge in [-0.3, -0.25) is 14.6 Å². The number of hydrogen-bond acceptors (Lipinski definition) is 9. The third-order valence-corrected chi connectivity index (χ3v) is 5.63. The van der Waals surface area contributed by atoms with E-state index < -0.39 is 49.7 Å². The van der Waals surface area contributed by atoms with Crippen LogP contribution in [0.1, 0.15) is 49.2 Å². The fraction of sp³-hybridized carbons (Fsp3) is 0.520. The van der Waals surface area contributed by atoms with E-state index in [1.54, 1.807) is 0 Å². The van der Waals surface area contributed by atoms with Crippen molar-refractivity contribution < 1.29 is 34.6 Å². The summed E-state index contributed by atoms with van der Waals surface area (Å²) in [5, 5.41) is 44.6. The molecule has 0 bridgehead atoms. The lowest BCUT2D eigenvalue weighted by molar-refractivity contribution is -0.123. The molecule has 37 heavy (non-hydrogen) atoms. The zero-order valence-corrected chi connectivity index (χ0v) is 21.2. The van der Waals surface area contributed by atoms with E-state index >= 15 is 0 Å². The molecule has 0 radical (unpaired) electrons. The summed E-state index contributed by atoms with van der Waals surface area (Å²) in [6, 6.07) is 8.20. The van der Waals surface area contributed by atoms with Crippen LogP contribution in [0.2, 0.25) is 0 Å². The maximum atomic E-state index is 13.4. The van der Waals surface area contributed by atoms with Crippen molar-refractivity contribution in [3.05, 3.63) is 60.2 Å². The standard InChI is InChI=1S/C25H37BN4O7/c1-17(2)12-23(26(36)37-20(8-11-31)14-19(33)16-32)30-24(34)21(13-18-6-4-3-5-7-18)29-25(35)22-15-27-9-10-28-22/h3-7,9-10,15,17,19-21,23,31-33,36H,8,11-14,16H2,1-2H3,(H,29,35)(H,30,34)/t19-,20+,21-,23-/m0/s1. The van der Waals surface area contributed by atoms with Gasteiger partial charge in [-0.15, -0.1) is 0 Å². The Hall–Kier alpha value is -2.90. The molecule has 12 heteroatoms. The van der Waals surface area contributed by atoms with Gasteiger partial charge in [-0.2, -0.15) is 0 Å². The van der Waals surface area contributed by atoms with Gasteiger partial charge in [0.05, 0.1) is 24.8 Å². The van der Waals surface area contributed by atoms with Gasteiger partial charge in [0.25, 0.3) is 5.91 Å². The molecule has 0 aliphatic carbocycles. The molecule has 2 amide bonds. The average Bonchev–Trinajstić information content (AvgIpc) is 2.88. The number of nitrogens with one attached hydrogen (secondary N) is 2. The lowest BCUT2D eigenvalue weighted by Crippen LogP contribution is -2.56. The summed E-state index contributed by atoms with van der Waals surface area (Å²) >= 11 is 0. The van der Waals surface area contributed by atoms with Crippen molar-refractivity contribution in [2.75, 3.05) is 13.2 Å². The second-order valence-electron chi connectivity index (χ2n) is 9.28. The molecule has 2 aromatic rings. The number of rotatable bonds is 16. The van der Waals surface area contributed by atoms with Gasteiger partial charge < -0.3 is 35.6 Å². The van der Waals surface area contributed by atoms with Gasteiger partial charge in [-0.1, -0.05) is 44.2 Å². The van der Waals surface area contributed by atoms with E-state index in [2.05, 4.69) is 20.6 Å². The quantitative estimate of drug-likeness (QED) is 0.166. The molecular formula is C25H37BN4O7. The van der Waals surface area contributed by atoms with Gasteiger partial charge in [-0.25, -0.2) is 4.98 Å². The summed E-state index contributed by atoms with van der Waals surface area (Å²) in [6.45, 7) is 3.11. The van der Waals surface area contributed by atoms with Crippen LogP contribution in [0.15, 0.2) is 48.9 Å². The summed E-state index contributed by atoms with van der Waals surface area (Å²) in [6.07, 6.45) is 2.98. The van der Waals surface area contributed by atoms with Crippen LogP contribution in [0, 0.1) is 5.92 Å². The summed E-state index contributed by atoms with van der Waals surface area (Å²) in [5.74, 6) is -1.86. The Labute approximate surface area is 217 Å². The Kier molecular flexibility index (Phi) is 13.2. The number of carbonyl (C=O) groups excluding carboxylic acids is 2. The lowest BCUT2D eigenvalue weighted by atomic mass is 9.73. The average molecular weight is 516 g/mol. The monoisotopic (exact) mass is 516 g/mol. The van der Waals surface area contributed by atoms with Crippen molar-refractivity contribution in [1.29, 1.82) is 0 Å². The molecule has 4 atom stereocenters. The third-order valence-electron chi connectivity index (χ3n) is 5.63. The number of aliphatic hydroxyl groups is 3. The number of hydrogen-bond donors (Lipinski definition) is 6. The van der Waals surface area contributed by atoms with Crippen LogP contribution < -0.4 is 10.6 Å². The number of benzene rings is 1. The van der Waals surface area contributed by atoms with Crippen LogP contribution in [-0.2, 0) is 15.9 Å². The van der Waals surface area contributed by atoms with E-state index in [0.29, 0.717) is 6.42 Å². The van der Waals surface area contributed by atoms with Crippen molar-refractivity contribution in [1.82, 2.24) is 20.6 Å². The Morgan fingerprint density at radius 1 is 1.08 bits per heavy atom. The largest absolute Gasteiger partial charge is 0.478 e. The van der Waals surface area contributed by atoms with E-state index in [0.717, 1.165) is 5.56 Å². The van der Waals surface area contributed by atoms with Gasteiger partial charge in [0.1, 0.15) is 11.7 Å². The van der Waals surface area contributed by atoms with Gasteiger partial charge >= 0.3 is 7.12 Å². The molecule has 11 nitrogen and oxygen atoms in total. The van der Waals surface area contributed by atoms with E-state index in [-0.39, 0.29) is 37.5 Å². The first-order valence-corrected chi connectivity index (χ1v) is 12.4. The van der Waals surface area contributed by atoms with Crippen LogP contribution >= 0.6 is 0 Å². The zero-order chi connectivity index (χ0) is 27.2. The maximum Gasteiger partial charge on any atom is 0.478 e. The molecule has 0 unspecified atom stereocenters. The number of nitrogens with zero attached hydrogens (tertiary/aromatic N) is 2. The molecule has 0 fully saturated rings. The molecule has 2 rings (SSSR count). The molecular weight excluding hydrogens is 479 g/mol. The van der Waals surface area contributed by atoms with E-state index in [4.69, 9.17) is 9.76 Å². The first-order chi connectivity index (χ1) is 17.7. The molecule has 6 N–H and O–H groups in total. The molecule has 1 heterocycles. The topological polar surface area (TPSA) is 174 Å². The zero-order valence-electron chi connectivity index (χ0n) is 21.2. The predicted molar refractivity (Wildman–Crippen MR) is 137 cm³/mol. The fourth-order valence-electron chi connectivity index (χ4n) is 3.80. The highest BCUT2D eigenvalue weighted by Crippen LogP contribution is 2.14. The van der Waals surface area contributed by atoms with Crippen LogP contribution in [0.25, 0.3) is 0 Å². The van der Waals surface area contributed by atoms with Crippen LogP contribution in [0.5, 0.6) is 0 Å². The van der Waals surface area contributed by atoms with Crippen molar-refractivity contribution in [3.8, 4) is 0 Å². The van der Waals surface area contributed by atoms with Crippen LogP contribution in [0.4, 0.5) is 0 Å². The highest BCUT2D eigenvalue weighted by molar-refractivity contribution is 6.45. The van der Waals surface area contributed by atoms with E-state index in [1.807, 2.05) is 44.2 Å². The van der Waals surface area contributed by atoms with Gasteiger partial charge in [-0.05, 0) is 24.3 Å². The normalized spacial score (nSPS) is 14.5. The molecule has 0 aliphatic rings. The number of carbonyl (C=O) groups is 2. The second kappa shape index (κ2) is 16.1. The van der Waals surface area contributed by atoms with Gasteiger partial charge in [0.15, 0.2) is 0 Å². The van der Waals surface area contributed by atoms with Crippen LogP contribution in [0.3, 0.4) is 0 Å². The van der Waals surface area contributed by atoms with Crippen molar-refractivity contribution in [2.45, 2.75) is 63.7 Å². The summed E-state index contributed by atoms with van der Waals surface area (Å²) < 4.78 is 5.68. The maximum absolute atomic E-state index is 13.4. The predicted octanol–water partition coefficient (Wildman–Crippen LogP) is -0.121. The molecule has 202 valence electrons. The Bertz CT molecular complexity index is 939. The smallest absolute Gasteiger partial charge is 0.426 e. The highest BCUT2D eigenvalue weighted by atomic mass is 16.5. The van der Waals surface area contributed by atoms with Crippen molar-refractivity contribution >= 4 is 18.9 Å². The number of aliphatic hydroxyl groups excluding tert-OH is 3. The minimum Gasteiger partial charge on any atom is -0.426 e. The highest BCUT2D eigenvalue weighted by Gasteiger charge is 2.34. The Morgan fingerprint density at radius 3 is 2.41 bits per heavy atom. The summed E-state index contributed by atoms with van der Waals surface area (Å²) in [4.78, 5) is 34.0. The fourth-order valence-corrected chi connectivity index (χ4v) is 3.80. The molecule has 0 aliphatic heterocycles. The molecule has 0 saturated heterocycles. The van der Waals surface area contributed by atoms with Crippen molar-refractivity contribution in [3.63, 3.8) is 0 Å². The molecule has 1 aromatic carbocycles.